The van der Waals surface area contributed by atoms with Crippen LogP contribution >= 0.6 is 23.2 Å². The highest BCUT2D eigenvalue weighted by molar-refractivity contribution is 7.89. The molecule has 4 rings (SSSR count). The van der Waals surface area contributed by atoms with Crippen molar-refractivity contribution in [3.63, 3.8) is 0 Å². The van der Waals surface area contributed by atoms with Crippen LogP contribution in [0.3, 0.4) is 0 Å². The zero-order valence-corrected chi connectivity index (χ0v) is 16.1. The third kappa shape index (κ3) is 3.35. The predicted octanol–water partition coefficient (Wildman–Crippen LogP) is 5.06. The SMILES string of the molecule is C[C@H]1C[C@@H]1c1ccc(CN(C2CC2)S(=O)(=O)c2c(Cl)cccc2Cl)o1. The number of halogens is 2. The van der Waals surface area contributed by atoms with Crippen LogP contribution in [0.1, 0.15) is 43.6 Å². The maximum absolute atomic E-state index is 13.2. The largest absolute Gasteiger partial charge is 0.464 e. The Balaban J connectivity index is 1.64. The van der Waals surface area contributed by atoms with Crippen LogP contribution in [0, 0.1) is 5.92 Å². The second-order valence-electron chi connectivity index (χ2n) is 6.96. The molecule has 2 fully saturated rings. The second-order valence-corrected chi connectivity index (χ2v) is 9.60. The lowest BCUT2D eigenvalue weighted by Crippen LogP contribution is -2.33. The van der Waals surface area contributed by atoms with Crippen molar-refractivity contribution in [2.75, 3.05) is 0 Å². The predicted molar refractivity (Wildman–Crippen MR) is 97.4 cm³/mol. The van der Waals surface area contributed by atoms with Gasteiger partial charge in [-0.05, 0) is 49.4 Å². The van der Waals surface area contributed by atoms with Gasteiger partial charge in [0.05, 0.1) is 16.6 Å². The lowest BCUT2D eigenvalue weighted by Gasteiger charge is -2.22. The van der Waals surface area contributed by atoms with Crippen LogP contribution in [0.15, 0.2) is 39.6 Å². The summed E-state index contributed by atoms with van der Waals surface area (Å²) in [7, 11) is -3.79. The highest BCUT2D eigenvalue weighted by Gasteiger charge is 2.41. The fraction of sp³-hybridized carbons (Fsp3) is 0.444. The maximum atomic E-state index is 13.2. The Morgan fingerprint density at radius 1 is 1.16 bits per heavy atom. The molecule has 0 aliphatic heterocycles. The molecule has 2 saturated carbocycles. The van der Waals surface area contributed by atoms with Crippen molar-refractivity contribution in [2.45, 2.75) is 49.6 Å². The molecule has 2 aliphatic rings. The van der Waals surface area contributed by atoms with E-state index in [4.69, 9.17) is 27.6 Å². The third-order valence-corrected chi connectivity index (χ3v) is 7.76. The topological polar surface area (TPSA) is 50.5 Å². The molecule has 1 aromatic carbocycles. The smallest absolute Gasteiger partial charge is 0.246 e. The van der Waals surface area contributed by atoms with E-state index >= 15 is 0 Å². The van der Waals surface area contributed by atoms with Crippen molar-refractivity contribution >= 4 is 33.2 Å². The summed E-state index contributed by atoms with van der Waals surface area (Å²) in [6, 6.07) is 8.55. The Bertz CT molecular complexity index is 885. The summed E-state index contributed by atoms with van der Waals surface area (Å²) in [5.74, 6) is 2.72. The number of hydrogen-bond acceptors (Lipinski definition) is 3. The Kier molecular flexibility index (Phi) is 4.39. The first kappa shape index (κ1) is 17.4. The number of benzene rings is 1. The number of furan rings is 1. The molecule has 134 valence electrons. The van der Waals surface area contributed by atoms with Crippen molar-refractivity contribution in [3.8, 4) is 0 Å². The van der Waals surface area contributed by atoms with Gasteiger partial charge in [0.1, 0.15) is 16.4 Å². The summed E-state index contributed by atoms with van der Waals surface area (Å²) in [5.41, 5.74) is 0. The van der Waals surface area contributed by atoms with Crippen LogP contribution in [0.5, 0.6) is 0 Å². The normalized spacial score (nSPS) is 23.2. The zero-order valence-electron chi connectivity index (χ0n) is 13.8. The average Bonchev–Trinajstić information content (AvgIpc) is 3.45. The first-order valence-electron chi connectivity index (χ1n) is 8.42. The van der Waals surface area contributed by atoms with E-state index < -0.39 is 10.0 Å². The van der Waals surface area contributed by atoms with Gasteiger partial charge >= 0.3 is 0 Å². The van der Waals surface area contributed by atoms with Gasteiger partial charge < -0.3 is 4.42 Å². The molecule has 1 aromatic heterocycles. The molecule has 0 N–H and O–H groups in total. The van der Waals surface area contributed by atoms with Gasteiger partial charge in [-0.25, -0.2) is 8.42 Å². The van der Waals surface area contributed by atoms with Crippen molar-refractivity contribution in [1.29, 1.82) is 0 Å². The molecule has 2 aromatic rings. The standard InChI is InChI=1S/C18H19Cl2NO3S/c1-11-9-14(11)17-8-7-13(24-17)10-21(12-5-6-12)25(22,23)18-15(19)3-2-4-16(18)20/h2-4,7-8,11-12,14H,5-6,9-10H2,1H3/t11-,14-/m0/s1. The van der Waals surface area contributed by atoms with E-state index in [0.29, 0.717) is 17.6 Å². The van der Waals surface area contributed by atoms with E-state index in [9.17, 15) is 8.42 Å². The van der Waals surface area contributed by atoms with E-state index in [1.165, 1.54) is 4.31 Å². The van der Waals surface area contributed by atoms with Gasteiger partial charge in [0.15, 0.2) is 0 Å². The first-order chi connectivity index (χ1) is 11.9. The summed E-state index contributed by atoms with van der Waals surface area (Å²) in [6.07, 6.45) is 2.82. The van der Waals surface area contributed by atoms with E-state index in [-0.39, 0.29) is 27.5 Å². The quantitative estimate of drug-likeness (QED) is 0.681. The molecule has 0 bridgehead atoms. The highest BCUT2D eigenvalue weighted by atomic mass is 35.5. The molecule has 0 amide bonds. The summed E-state index contributed by atoms with van der Waals surface area (Å²) in [4.78, 5) is -0.0205. The third-order valence-electron chi connectivity index (χ3n) is 4.91. The molecule has 1 heterocycles. The molecule has 4 nitrogen and oxygen atoms in total. The number of hydrogen-bond donors (Lipinski definition) is 0. The molecular formula is C18H19Cl2NO3S. The van der Waals surface area contributed by atoms with Crippen LogP contribution in [0.2, 0.25) is 10.0 Å². The van der Waals surface area contributed by atoms with Crippen LogP contribution in [-0.4, -0.2) is 18.8 Å². The molecular weight excluding hydrogens is 381 g/mol. The minimum Gasteiger partial charge on any atom is -0.464 e. The van der Waals surface area contributed by atoms with E-state index in [2.05, 4.69) is 6.92 Å². The number of rotatable bonds is 6. The zero-order chi connectivity index (χ0) is 17.8. The first-order valence-corrected chi connectivity index (χ1v) is 10.6. The van der Waals surface area contributed by atoms with Gasteiger partial charge in [-0.15, -0.1) is 0 Å². The summed E-state index contributed by atoms with van der Waals surface area (Å²) in [6.45, 7) is 2.39. The van der Waals surface area contributed by atoms with Gasteiger partial charge in [-0.1, -0.05) is 36.2 Å². The van der Waals surface area contributed by atoms with E-state index in [1.807, 2.05) is 12.1 Å². The van der Waals surface area contributed by atoms with Crippen LogP contribution < -0.4 is 0 Å². The fourth-order valence-corrected chi connectivity index (χ4v) is 5.92. The summed E-state index contributed by atoms with van der Waals surface area (Å²) >= 11 is 12.3. The van der Waals surface area contributed by atoms with Gasteiger partial charge in [-0.2, -0.15) is 4.31 Å². The molecule has 0 radical (unpaired) electrons. The van der Waals surface area contributed by atoms with Crippen LogP contribution in [0.4, 0.5) is 0 Å². The molecule has 0 unspecified atom stereocenters. The second kappa shape index (κ2) is 6.31. The Labute approximate surface area is 157 Å². The van der Waals surface area contributed by atoms with Gasteiger partial charge in [0.25, 0.3) is 0 Å². The number of nitrogens with zero attached hydrogens (tertiary/aromatic N) is 1. The van der Waals surface area contributed by atoms with Crippen molar-refractivity contribution in [1.82, 2.24) is 4.31 Å². The molecule has 25 heavy (non-hydrogen) atoms. The highest BCUT2D eigenvalue weighted by Crippen LogP contribution is 2.47. The van der Waals surface area contributed by atoms with Crippen molar-refractivity contribution < 1.29 is 12.8 Å². The molecule has 2 aliphatic carbocycles. The van der Waals surface area contributed by atoms with Gasteiger partial charge in [0, 0.05) is 12.0 Å². The molecule has 2 atom stereocenters. The van der Waals surface area contributed by atoms with Crippen molar-refractivity contribution in [3.05, 3.63) is 51.9 Å². The van der Waals surface area contributed by atoms with Crippen LogP contribution in [-0.2, 0) is 16.6 Å². The average molecular weight is 400 g/mol. The molecule has 0 saturated heterocycles. The molecule has 7 heteroatoms. The van der Waals surface area contributed by atoms with Crippen molar-refractivity contribution in [2.24, 2.45) is 5.92 Å². The van der Waals surface area contributed by atoms with E-state index in [0.717, 1.165) is 25.0 Å². The minimum atomic E-state index is -3.79. The minimum absolute atomic E-state index is 0.0205. The lowest BCUT2D eigenvalue weighted by molar-refractivity contribution is 0.348. The summed E-state index contributed by atoms with van der Waals surface area (Å²) < 4.78 is 33.7. The fourth-order valence-electron chi connectivity index (χ4n) is 3.17. The monoisotopic (exact) mass is 399 g/mol. The maximum Gasteiger partial charge on any atom is 0.246 e. The lowest BCUT2D eigenvalue weighted by atomic mass is 10.3. The Morgan fingerprint density at radius 3 is 2.36 bits per heavy atom. The van der Waals surface area contributed by atoms with Gasteiger partial charge in [0.2, 0.25) is 10.0 Å². The Morgan fingerprint density at radius 2 is 1.80 bits per heavy atom. The van der Waals surface area contributed by atoms with E-state index in [1.54, 1.807) is 18.2 Å². The van der Waals surface area contributed by atoms with Gasteiger partial charge in [-0.3, -0.25) is 0 Å². The summed E-state index contributed by atoms with van der Waals surface area (Å²) in [5, 5.41) is 0.287. The molecule has 0 spiro atoms. The van der Waals surface area contributed by atoms with Crippen LogP contribution in [0.25, 0.3) is 0 Å². The number of sulfonamides is 1. The Hall–Kier alpha value is -1.01.